The Morgan fingerprint density at radius 1 is 1.44 bits per heavy atom. The van der Waals surface area contributed by atoms with Crippen LogP contribution < -0.4 is 10.6 Å². The predicted octanol–water partition coefficient (Wildman–Crippen LogP) is 1.72. The molecule has 0 unspecified atom stereocenters. The lowest BCUT2D eigenvalue weighted by Crippen LogP contribution is -2.21. The van der Waals surface area contributed by atoms with Crippen molar-refractivity contribution < 1.29 is 4.52 Å². The van der Waals surface area contributed by atoms with Crippen LogP contribution >= 0.6 is 0 Å². The van der Waals surface area contributed by atoms with E-state index in [4.69, 9.17) is 10.3 Å². The quantitative estimate of drug-likeness (QED) is 0.843. The van der Waals surface area contributed by atoms with Gasteiger partial charge < -0.3 is 15.2 Å². The Balaban J connectivity index is 2.06. The fourth-order valence-corrected chi connectivity index (χ4v) is 1.91. The summed E-state index contributed by atoms with van der Waals surface area (Å²) in [6.45, 7) is 6.27. The van der Waals surface area contributed by atoms with Gasteiger partial charge >= 0.3 is 0 Å². The predicted molar refractivity (Wildman–Crippen MR) is 62.1 cm³/mol. The third kappa shape index (κ3) is 2.19. The van der Waals surface area contributed by atoms with Crippen molar-refractivity contribution in [3.05, 3.63) is 5.89 Å². The van der Waals surface area contributed by atoms with E-state index in [9.17, 15) is 0 Å². The van der Waals surface area contributed by atoms with Gasteiger partial charge in [-0.2, -0.15) is 4.98 Å². The second-order valence-electron chi connectivity index (χ2n) is 4.54. The molecular weight excluding hydrogens is 204 g/mol. The highest BCUT2D eigenvalue weighted by molar-refractivity contribution is 5.29. The van der Waals surface area contributed by atoms with Crippen LogP contribution in [-0.2, 0) is 0 Å². The van der Waals surface area contributed by atoms with Crippen molar-refractivity contribution in [1.29, 1.82) is 0 Å². The number of aromatic nitrogens is 2. The van der Waals surface area contributed by atoms with Crippen molar-refractivity contribution in [2.24, 2.45) is 11.7 Å². The largest absolute Gasteiger partial charge is 0.338 e. The van der Waals surface area contributed by atoms with E-state index in [-0.39, 0.29) is 6.04 Å². The molecule has 5 heteroatoms. The minimum Gasteiger partial charge on any atom is -0.338 e. The fraction of sp³-hybridized carbons (Fsp3) is 0.818. The summed E-state index contributed by atoms with van der Waals surface area (Å²) in [5, 5.41) is 4.00. The Morgan fingerprint density at radius 2 is 2.12 bits per heavy atom. The van der Waals surface area contributed by atoms with Gasteiger partial charge in [0.05, 0.1) is 6.04 Å². The van der Waals surface area contributed by atoms with E-state index < -0.39 is 0 Å². The number of hydrogen-bond acceptors (Lipinski definition) is 5. The van der Waals surface area contributed by atoms with Gasteiger partial charge in [-0.05, 0) is 23.9 Å². The Hall–Kier alpha value is -1.10. The maximum Gasteiger partial charge on any atom is 0.266 e. The van der Waals surface area contributed by atoms with Crippen LogP contribution in [0, 0.1) is 5.92 Å². The Kier molecular flexibility index (Phi) is 3.43. The Labute approximate surface area is 96.0 Å². The van der Waals surface area contributed by atoms with Gasteiger partial charge in [0.25, 0.3) is 5.95 Å². The zero-order chi connectivity index (χ0) is 11.5. The van der Waals surface area contributed by atoms with Crippen LogP contribution in [0.15, 0.2) is 4.52 Å². The number of hydrogen-bond donors (Lipinski definition) is 1. The highest BCUT2D eigenvalue weighted by Gasteiger charge is 2.23. The molecule has 1 aromatic heterocycles. The molecule has 0 aromatic carbocycles. The molecule has 2 heterocycles. The lowest BCUT2D eigenvalue weighted by atomic mass is 10.0. The fourth-order valence-electron chi connectivity index (χ4n) is 1.91. The van der Waals surface area contributed by atoms with Gasteiger partial charge in [-0.1, -0.05) is 20.3 Å². The van der Waals surface area contributed by atoms with Gasteiger partial charge in [0.2, 0.25) is 5.89 Å². The van der Waals surface area contributed by atoms with Crippen molar-refractivity contribution in [2.45, 2.75) is 39.2 Å². The third-order valence-electron chi connectivity index (χ3n) is 3.36. The first-order chi connectivity index (χ1) is 7.72. The lowest BCUT2D eigenvalue weighted by molar-refractivity contribution is 0.312. The van der Waals surface area contributed by atoms with Crippen LogP contribution in [0.2, 0.25) is 0 Å². The van der Waals surface area contributed by atoms with Crippen molar-refractivity contribution >= 4 is 5.95 Å². The van der Waals surface area contributed by atoms with E-state index in [1.807, 2.05) is 0 Å². The van der Waals surface area contributed by atoms with Crippen molar-refractivity contribution in [1.82, 2.24) is 10.1 Å². The minimum atomic E-state index is -0.145. The molecule has 0 bridgehead atoms. The molecule has 5 nitrogen and oxygen atoms in total. The van der Waals surface area contributed by atoms with E-state index >= 15 is 0 Å². The standard InChI is InChI=1S/C11H20N4O/c1-3-8(2)9(12)10-13-11(14-16-10)15-6-4-5-7-15/h8-9H,3-7,12H2,1-2H3/t8-,9-/m0/s1. The van der Waals surface area contributed by atoms with Crippen LogP contribution in [0.3, 0.4) is 0 Å². The monoisotopic (exact) mass is 224 g/mol. The maximum atomic E-state index is 6.05. The summed E-state index contributed by atoms with van der Waals surface area (Å²) in [6, 6.07) is -0.145. The number of nitrogens with zero attached hydrogens (tertiary/aromatic N) is 3. The SMILES string of the molecule is CC[C@H](C)[C@H](N)c1nc(N2CCCC2)no1. The van der Waals surface area contributed by atoms with Gasteiger partial charge in [-0.3, -0.25) is 0 Å². The third-order valence-corrected chi connectivity index (χ3v) is 3.36. The second kappa shape index (κ2) is 4.82. The molecule has 2 N–H and O–H groups in total. The summed E-state index contributed by atoms with van der Waals surface area (Å²) in [5.74, 6) is 1.63. The summed E-state index contributed by atoms with van der Waals surface area (Å²) >= 11 is 0. The number of nitrogens with two attached hydrogens (primary N) is 1. The summed E-state index contributed by atoms with van der Waals surface area (Å²) in [7, 11) is 0. The molecular formula is C11H20N4O. The van der Waals surface area contributed by atoms with E-state index in [2.05, 4.69) is 28.9 Å². The molecule has 0 amide bonds. The Morgan fingerprint density at radius 3 is 2.75 bits per heavy atom. The van der Waals surface area contributed by atoms with Crippen LogP contribution in [0.25, 0.3) is 0 Å². The highest BCUT2D eigenvalue weighted by Crippen LogP contribution is 2.23. The number of anilines is 1. The van der Waals surface area contributed by atoms with Gasteiger partial charge in [0, 0.05) is 13.1 Å². The summed E-state index contributed by atoms with van der Waals surface area (Å²) in [4.78, 5) is 6.53. The molecule has 1 fully saturated rings. The Bertz CT molecular complexity index is 332. The average molecular weight is 224 g/mol. The average Bonchev–Trinajstić information content (AvgIpc) is 2.96. The van der Waals surface area contributed by atoms with Crippen molar-refractivity contribution in [2.75, 3.05) is 18.0 Å². The summed E-state index contributed by atoms with van der Waals surface area (Å²) in [6.07, 6.45) is 3.44. The molecule has 1 aliphatic rings. The van der Waals surface area contributed by atoms with Crippen LogP contribution in [0.5, 0.6) is 0 Å². The first-order valence-corrected chi connectivity index (χ1v) is 6.06. The molecule has 1 saturated heterocycles. The molecule has 2 rings (SSSR count). The molecule has 0 radical (unpaired) electrons. The lowest BCUT2D eigenvalue weighted by Gasteiger charge is -2.13. The van der Waals surface area contributed by atoms with Crippen molar-refractivity contribution in [3.8, 4) is 0 Å². The molecule has 1 aliphatic heterocycles. The topological polar surface area (TPSA) is 68.2 Å². The number of rotatable bonds is 4. The van der Waals surface area contributed by atoms with Crippen LogP contribution in [-0.4, -0.2) is 23.2 Å². The molecule has 0 aliphatic carbocycles. The molecule has 0 saturated carbocycles. The maximum absolute atomic E-state index is 6.05. The minimum absolute atomic E-state index is 0.145. The van der Waals surface area contributed by atoms with Gasteiger partial charge in [-0.25, -0.2) is 0 Å². The van der Waals surface area contributed by atoms with Crippen LogP contribution in [0.1, 0.15) is 45.0 Å². The first kappa shape index (κ1) is 11.4. The van der Waals surface area contributed by atoms with E-state index in [1.54, 1.807) is 0 Å². The molecule has 90 valence electrons. The molecule has 16 heavy (non-hydrogen) atoms. The van der Waals surface area contributed by atoms with Gasteiger partial charge in [-0.15, -0.1) is 0 Å². The molecule has 1 aromatic rings. The zero-order valence-electron chi connectivity index (χ0n) is 10.0. The first-order valence-electron chi connectivity index (χ1n) is 6.06. The molecule has 0 spiro atoms. The van der Waals surface area contributed by atoms with Crippen molar-refractivity contribution in [3.63, 3.8) is 0 Å². The highest BCUT2D eigenvalue weighted by atomic mass is 16.5. The van der Waals surface area contributed by atoms with E-state index in [0.29, 0.717) is 17.8 Å². The summed E-state index contributed by atoms with van der Waals surface area (Å²) in [5.41, 5.74) is 6.05. The van der Waals surface area contributed by atoms with E-state index in [0.717, 1.165) is 19.5 Å². The molecule has 2 atom stereocenters. The normalized spacial score (nSPS) is 20.1. The van der Waals surface area contributed by atoms with E-state index in [1.165, 1.54) is 12.8 Å². The smallest absolute Gasteiger partial charge is 0.266 e. The zero-order valence-corrected chi connectivity index (χ0v) is 10.0. The van der Waals surface area contributed by atoms with Gasteiger partial charge in [0.1, 0.15) is 0 Å². The van der Waals surface area contributed by atoms with Crippen LogP contribution in [0.4, 0.5) is 5.95 Å². The van der Waals surface area contributed by atoms with Gasteiger partial charge in [0.15, 0.2) is 0 Å². The summed E-state index contributed by atoms with van der Waals surface area (Å²) < 4.78 is 5.23. The second-order valence-corrected chi connectivity index (χ2v) is 4.54.